The van der Waals surface area contributed by atoms with Crippen LogP contribution in [0.5, 0.6) is 0 Å². The minimum absolute atomic E-state index is 0.0697. The summed E-state index contributed by atoms with van der Waals surface area (Å²) >= 11 is 0. The van der Waals surface area contributed by atoms with Crippen LogP contribution in [-0.4, -0.2) is 43.1 Å². The highest BCUT2D eigenvalue weighted by atomic mass is 16.5. The van der Waals surface area contributed by atoms with Crippen LogP contribution in [0.3, 0.4) is 0 Å². The van der Waals surface area contributed by atoms with Crippen molar-refractivity contribution in [3.63, 3.8) is 0 Å². The summed E-state index contributed by atoms with van der Waals surface area (Å²) in [5.41, 5.74) is 9.81. The highest BCUT2D eigenvalue weighted by molar-refractivity contribution is 5.98. The summed E-state index contributed by atoms with van der Waals surface area (Å²) in [5.74, 6) is 0.101. The average Bonchev–Trinajstić information content (AvgIpc) is 3.17. The summed E-state index contributed by atoms with van der Waals surface area (Å²) in [6.45, 7) is 1.97. The molecule has 1 aliphatic carbocycles. The molecule has 0 unspecified atom stereocenters. The number of carbonyl (C=O) groups is 2. The summed E-state index contributed by atoms with van der Waals surface area (Å²) in [4.78, 5) is 35.2. The van der Waals surface area contributed by atoms with Gasteiger partial charge in [0.2, 0.25) is 0 Å². The average molecular weight is 354 g/mol. The molecule has 9 heteroatoms. The molecule has 3 aromatic heterocycles. The molecule has 3 N–H and O–H groups in total. The van der Waals surface area contributed by atoms with Gasteiger partial charge in [-0.05, 0) is 25.0 Å². The Bertz CT molecular complexity index is 1020. The second-order valence-electron chi connectivity index (χ2n) is 6.17. The summed E-state index contributed by atoms with van der Waals surface area (Å²) in [5, 5.41) is 5.09. The van der Waals surface area contributed by atoms with E-state index in [-0.39, 0.29) is 18.1 Å². The third-order valence-corrected chi connectivity index (χ3v) is 4.43. The van der Waals surface area contributed by atoms with Gasteiger partial charge in [-0.1, -0.05) is 0 Å². The lowest BCUT2D eigenvalue weighted by atomic mass is 9.97. The van der Waals surface area contributed by atoms with E-state index in [9.17, 15) is 9.59 Å². The number of hydrogen-bond acceptors (Lipinski definition) is 7. The van der Waals surface area contributed by atoms with Gasteiger partial charge >= 0.3 is 5.97 Å². The third kappa shape index (κ3) is 2.71. The lowest BCUT2D eigenvalue weighted by Crippen LogP contribution is -2.14. The molecule has 26 heavy (non-hydrogen) atoms. The Hall–Kier alpha value is -3.23. The molecule has 3 heterocycles. The molecular weight excluding hydrogens is 336 g/mol. The summed E-state index contributed by atoms with van der Waals surface area (Å²) in [6.07, 6.45) is 2.97. The van der Waals surface area contributed by atoms with Gasteiger partial charge in [0.15, 0.2) is 5.65 Å². The Labute approximate surface area is 148 Å². The van der Waals surface area contributed by atoms with E-state index < -0.39 is 5.97 Å². The predicted octanol–water partition coefficient (Wildman–Crippen LogP) is 1.02. The maximum absolute atomic E-state index is 11.9. The van der Waals surface area contributed by atoms with Gasteiger partial charge in [0.05, 0.1) is 17.7 Å². The van der Waals surface area contributed by atoms with Crippen LogP contribution in [0.15, 0.2) is 12.4 Å². The first-order valence-corrected chi connectivity index (χ1v) is 8.42. The molecule has 134 valence electrons. The third-order valence-electron chi connectivity index (χ3n) is 4.43. The molecule has 0 bridgehead atoms. The van der Waals surface area contributed by atoms with E-state index in [1.165, 1.54) is 11.0 Å². The van der Waals surface area contributed by atoms with Crippen molar-refractivity contribution in [2.45, 2.75) is 32.7 Å². The number of nitrogens with one attached hydrogen (secondary N) is 1. The maximum Gasteiger partial charge on any atom is 0.327 e. The van der Waals surface area contributed by atoms with Gasteiger partial charge in [-0.3, -0.25) is 9.59 Å². The van der Waals surface area contributed by atoms with Crippen LogP contribution in [-0.2, 0) is 33.7 Å². The topological polar surface area (TPSA) is 129 Å². The molecule has 0 spiro atoms. The number of rotatable bonds is 4. The van der Waals surface area contributed by atoms with Crippen LogP contribution in [0.1, 0.15) is 24.6 Å². The number of H-pyrrole nitrogens is 1. The first-order chi connectivity index (χ1) is 12.6. The van der Waals surface area contributed by atoms with Gasteiger partial charge < -0.3 is 15.5 Å². The number of anilines is 1. The molecule has 0 amide bonds. The van der Waals surface area contributed by atoms with Crippen LogP contribution in [0.25, 0.3) is 22.4 Å². The minimum atomic E-state index is -0.406. The van der Waals surface area contributed by atoms with E-state index in [4.69, 9.17) is 10.5 Å². The number of nitrogen functional groups attached to an aromatic ring is 1. The molecular formula is C17H18N6O3. The van der Waals surface area contributed by atoms with Crippen molar-refractivity contribution in [1.82, 2.24) is 24.7 Å². The zero-order chi connectivity index (χ0) is 18.3. The second-order valence-corrected chi connectivity index (χ2v) is 6.17. The van der Waals surface area contributed by atoms with Crippen molar-refractivity contribution < 1.29 is 14.3 Å². The molecule has 0 fully saturated rings. The molecule has 1 aliphatic rings. The number of nitrogens with zero attached hydrogens (tertiary/aromatic N) is 4. The molecule has 9 nitrogen and oxygen atoms in total. The smallest absolute Gasteiger partial charge is 0.327 e. The van der Waals surface area contributed by atoms with Crippen LogP contribution in [0, 0.1) is 0 Å². The number of Topliss-reactive ketones (excluding diaryl/α,β-unsaturated/α-hetero) is 1. The quantitative estimate of drug-likeness (QED) is 0.669. The van der Waals surface area contributed by atoms with E-state index in [1.54, 1.807) is 6.92 Å². The molecule has 0 aromatic carbocycles. The largest absolute Gasteiger partial charge is 0.465 e. The fraction of sp³-hybridized carbons (Fsp3) is 0.353. The Morgan fingerprint density at radius 3 is 3.04 bits per heavy atom. The molecule has 3 aromatic rings. The zero-order valence-electron chi connectivity index (χ0n) is 14.3. The highest BCUT2D eigenvalue weighted by Crippen LogP contribution is 2.32. The summed E-state index contributed by atoms with van der Waals surface area (Å²) in [6, 6.07) is 1.91. The van der Waals surface area contributed by atoms with E-state index >= 15 is 0 Å². The normalized spacial score (nSPS) is 13.8. The van der Waals surface area contributed by atoms with Crippen molar-refractivity contribution in [2.75, 3.05) is 12.3 Å². The van der Waals surface area contributed by atoms with E-state index in [0.29, 0.717) is 42.6 Å². The molecule has 0 aliphatic heterocycles. The number of esters is 1. The van der Waals surface area contributed by atoms with E-state index in [0.717, 1.165) is 17.0 Å². The second kappa shape index (κ2) is 6.25. The number of hydrogen-bond donors (Lipinski definition) is 2. The number of ether oxygens (including phenoxy) is 1. The maximum atomic E-state index is 11.9. The number of fused-ring (bicyclic) bond motifs is 2. The number of carbonyl (C=O) groups excluding carboxylic acids is 2. The number of nitrogens with two attached hydrogens (primary N) is 1. The van der Waals surface area contributed by atoms with Gasteiger partial charge in [0.1, 0.15) is 30.2 Å². The first kappa shape index (κ1) is 16.2. The van der Waals surface area contributed by atoms with Crippen LogP contribution < -0.4 is 5.73 Å². The number of aromatic amines is 1. The molecule has 0 radical (unpaired) electrons. The van der Waals surface area contributed by atoms with Crippen LogP contribution in [0.4, 0.5) is 5.82 Å². The van der Waals surface area contributed by atoms with Gasteiger partial charge in [0, 0.05) is 18.5 Å². The van der Waals surface area contributed by atoms with Gasteiger partial charge in [-0.2, -0.15) is 5.10 Å². The van der Waals surface area contributed by atoms with Gasteiger partial charge in [-0.25, -0.2) is 14.6 Å². The van der Waals surface area contributed by atoms with Gasteiger partial charge in [-0.15, -0.1) is 0 Å². The minimum Gasteiger partial charge on any atom is -0.465 e. The molecule has 0 saturated heterocycles. The van der Waals surface area contributed by atoms with Crippen LogP contribution in [0.2, 0.25) is 0 Å². The van der Waals surface area contributed by atoms with Crippen molar-refractivity contribution in [2.24, 2.45) is 0 Å². The van der Waals surface area contributed by atoms with Crippen molar-refractivity contribution >= 4 is 28.6 Å². The molecule has 0 atom stereocenters. The van der Waals surface area contributed by atoms with Crippen LogP contribution >= 0.6 is 0 Å². The van der Waals surface area contributed by atoms with Crippen molar-refractivity contribution in [3.8, 4) is 11.4 Å². The number of ketones is 1. The summed E-state index contributed by atoms with van der Waals surface area (Å²) < 4.78 is 6.46. The van der Waals surface area contributed by atoms with Crippen molar-refractivity contribution in [1.29, 1.82) is 0 Å². The van der Waals surface area contributed by atoms with E-state index in [1.807, 2.05) is 6.07 Å². The molecule has 4 rings (SSSR count). The lowest BCUT2D eigenvalue weighted by Gasteiger charge is -2.08. The Balaban J connectivity index is 1.82. The predicted molar refractivity (Wildman–Crippen MR) is 93.2 cm³/mol. The Kier molecular flexibility index (Phi) is 3.90. The number of aromatic nitrogens is 5. The monoisotopic (exact) mass is 354 g/mol. The van der Waals surface area contributed by atoms with Gasteiger partial charge in [0.25, 0.3) is 0 Å². The fourth-order valence-electron chi connectivity index (χ4n) is 3.27. The standard InChI is InChI=1S/C17H18N6O3/c1-2-26-13(25)7-23-17-14(16(18)19-8-20-17)15(22-23)12-6-9-5-10(24)3-4-11(9)21-12/h6,8,21H,2-5,7H2,1H3,(H2,18,19,20). The lowest BCUT2D eigenvalue weighted by molar-refractivity contribution is -0.143. The molecule has 0 saturated carbocycles. The summed E-state index contributed by atoms with van der Waals surface area (Å²) in [7, 11) is 0. The number of aryl methyl sites for hydroxylation is 1. The Morgan fingerprint density at radius 2 is 2.23 bits per heavy atom. The Morgan fingerprint density at radius 1 is 1.38 bits per heavy atom. The SMILES string of the molecule is CCOC(=O)Cn1nc(-c2cc3c([nH]2)CCC(=O)C3)c2c(N)ncnc21. The first-order valence-electron chi connectivity index (χ1n) is 8.42. The zero-order valence-corrected chi connectivity index (χ0v) is 14.3. The fourth-order valence-corrected chi connectivity index (χ4v) is 3.27. The van der Waals surface area contributed by atoms with E-state index in [2.05, 4.69) is 20.1 Å². The van der Waals surface area contributed by atoms with Crippen molar-refractivity contribution in [3.05, 3.63) is 23.7 Å². The highest BCUT2D eigenvalue weighted by Gasteiger charge is 2.23.